The molecule has 0 saturated heterocycles. The SMILES string of the molecule is FC1(F)Oc2cc(Cl)c(-c3ccc(NCc4ccccc4Cl)nc3)cc2O1. The van der Waals surface area contributed by atoms with Crippen molar-refractivity contribution in [3.8, 4) is 22.6 Å². The summed E-state index contributed by atoms with van der Waals surface area (Å²) < 4.78 is 35.2. The highest BCUT2D eigenvalue weighted by molar-refractivity contribution is 6.33. The monoisotopic (exact) mass is 408 g/mol. The molecule has 0 saturated carbocycles. The summed E-state index contributed by atoms with van der Waals surface area (Å²) >= 11 is 12.3. The standard InChI is InChI=1S/C19H12Cl2F2N2O2/c20-14-4-2-1-3-12(14)10-25-18-6-5-11(9-24-18)13-7-16-17(8-15(13)21)27-19(22,23)26-16/h1-9H,10H2,(H,24,25). The van der Waals surface area contributed by atoms with E-state index in [-0.39, 0.29) is 16.5 Å². The molecule has 0 spiro atoms. The minimum Gasteiger partial charge on any atom is -0.395 e. The van der Waals surface area contributed by atoms with Crippen LogP contribution in [0, 0.1) is 0 Å². The van der Waals surface area contributed by atoms with E-state index in [4.69, 9.17) is 23.2 Å². The number of nitrogens with zero attached hydrogens (tertiary/aromatic N) is 1. The second-order valence-corrected chi connectivity index (χ2v) is 6.64. The lowest BCUT2D eigenvalue weighted by Gasteiger charge is -2.09. The molecule has 4 rings (SSSR count). The number of anilines is 1. The van der Waals surface area contributed by atoms with Crippen LogP contribution in [0.15, 0.2) is 54.7 Å². The molecule has 0 bridgehead atoms. The maximum Gasteiger partial charge on any atom is 0.586 e. The van der Waals surface area contributed by atoms with Crippen LogP contribution in [-0.4, -0.2) is 11.3 Å². The first-order chi connectivity index (χ1) is 12.9. The van der Waals surface area contributed by atoms with Gasteiger partial charge in [-0.1, -0.05) is 41.4 Å². The van der Waals surface area contributed by atoms with Gasteiger partial charge in [0.05, 0.1) is 5.02 Å². The number of halogens is 4. The molecule has 138 valence electrons. The highest BCUT2D eigenvalue weighted by Crippen LogP contribution is 2.46. The van der Waals surface area contributed by atoms with E-state index in [1.54, 1.807) is 18.3 Å². The molecule has 1 aromatic heterocycles. The van der Waals surface area contributed by atoms with E-state index < -0.39 is 6.29 Å². The second kappa shape index (κ2) is 6.87. The van der Waals surface area contributed by atoms with Crippen LogP contribution < -0.4 is 14.8 Å². The Morgan fingerprint density at radius 1 is 0.963 bits per heavy atom. The van der Waals surface area contributed by atoms with Crippen molar-refractivity contribution >= 4 is 29.0 Å². The molecule has 27 heavy (non-hydrogen) atoms. The van der Waals surface area contributed by atoms with Crippen LogP contribution in [0.2, 0.25) is 10.0 Å². The zero-order chi connectivity index (χ0) is 19.0. The fourth-order valence-electron chi connectivity index (χ4n) is 2.68. The molecule has 1 aliphatic rings. The molecule has 1 N–H and O–H groups in total. The summed E-state index contributed by atoms with van der Waals surface area (Å²) in [5.41, 5.74) is 2.12. The molecule has 0 atom stereocenters. The van der Waals surface area contributed by atoms with E-state index in [2.05, 4.69) is 19.8 Å². The first kappa shape index (κ1) is 17.8. The third-order valence-corrected chi connectivity index (χ3v) is 4.66. The quantitative estimate of drug-likeness (QED) is 0.575. The van der Waals surface area contributed by atoms with Gasteiger partial charge in [-0.2, -0.15) is 0 Å². The summed E-state index contributed by atoms with van der Waals surface area (Å²) in [6.07, 6.45) is -2.09. The molecule has 0 fully saturated rings. The Labute approximate surface area is 163 Å². The molecule has 1 aliphatic heterocycles. The van der Waals surface area contributed by atoms with E-state index in [0.29, 0.717) is 28.5 Å². The largest absolute Gasteiger partial charge is 0.586 e. The van der Waals surface area contributed by atoms with Crippen molar-refractivity contribution in [1.29, 1.82) is 0 Å². The van der Waals surface area contributed by atoms with Gasteiger partial charge in [0.1, 0.15) is 5.82 Å². The van der Waals surface area contributed by atoms with Crippen molar-refractivity contribution in [1.82, 2.24) is 4.98 Å². The smallest absolute Gasteiger partial charge is 0.395 e. The Morgan fingerprint density at radius 2 is 1.70 bits per heavy atom. The van der Waals surface area contributed by atoms with Crippen LogP contribution in [0.25, 0.3) is 11.1 Å². The van der Waals surface area contributed by atoms with Gasteiger partial charge in [-0.05, 0) is 29.8 Å². The van der Waals surface area contributed by atoms with E-state index in [0.717, 1.165) is 5.56 Å². The Hall–Kier alpha value is -2.57. The molecular weight excluding hydrogens is 397 g/mol. The molecule has 0 radical (unpaired) electrons. The number of hydrogen-bond donors (Lipinski definition) is 1. The van der Waals surface area contributed by atoms with E-state index in [9.17, 15) is 8.78 Å². The van der Waals surface area contributed by atoms with Crippen LogP contribution in [-0.2, 0) is 6.54 Å². The number of hydrogen-bond acceptors (Lipinski definition) is 4. The maximum absolute atomic E-state index is 13.2. The summed E-state index contributed by atoms with van der Waals surface area (Å²) in [4.78, 5) is 4.33. The lowest BCUT2D eigenvalue weighted by Crippen LogP contribution is -2.25. The normalized spacial score (nSPS) is 14.2. The number of ether oxygens (including phenoxy) is 2. The van der Waals surface area contributed by atoms with Crippen molar-refractivity contribution in [3.63, 3.8) is 0 Å². The number of aromatic nitrogens is 1. The molecule has 0 aliphatic carbocycles. The van der Waals surface area contributed by atoms with Gasteiger partial charge in [-0.25, -0.2) is 4.98 Å². The molecule has 8 heteroatoms. The molecule has 0 amide bonds. The van der Waals surface area contributed by atoms with Gasteiger partial charge in [0, 0.05) is 35.0 Å². The predicted molar refractivity (Wildman–Crippen MR) is 99.7 cm³/mol. The molecule has 3 aromatic rings. The third kappa shape index (κ3) is 3.77. The van der Waals surface area contributed by atoms with Crippen molar-refractivity contribution < 1.29 is 18.3 Å². The summed E-state index contributed by atoms with van der Waals surface area (Å²) in [6, 6.07) is 13.8. The number of alkyl halides is 2. The average Bonchev–Trinajstić information content (AvgIpc) is 2.93. The number of benzene rings is 2. The van der Waals surface area contributed by atoms with Crippen molar-refractivity contribution in [3.05, 3.63) is 70.3 Å². The molecule has 4 nitrogen and oxygen atoms in total. The van der Waals surface area contributed by atoms with Crippen molar-refractivity contribution in [2.75, 3.05) is 5.32 Å². The Morgan fingerprint density at radius 3 is 2.41 bits per heavy atom. The zero-order valence-corrected chi connectivity index (χ0v) is 15.2. The lowest BCUT2D eigenvalue weighted by molar-refractivity contribution is -0.286. The van der Waals surface area contributed by atoms with E-state index in [1.165, 1.54) is 12.1 Å². The van der Waals surface area contributed by atoms with Gasteiger partial charge in [0.15, 0.2) is 11.5 Å². The highest BCUT2D eigenvalue weighted by atomic mass is 35.5. The topological polar surface area (TPSA) is 43.4 Å². The van der Waals surface area contributed by atoms with Crippen LogP contribution >= 0.6 is 23.2 Å². The second-order valence-electron chi connectivity index (χ2n) is 5.82. The van der Waals surface area contributed by atoms with Gasteiger partial charge in [-0.3, -0.25) is 0 Å². The van der Waals surface area contributed by atoms with Crippen LogP contribution in [0.5, 0.6) is 11.5 Å². The minimum atomic E-state index is -3.69. The number of fused-ring (bicyclic) bond motifs is 1. The van der Waals surface area contributed by atoms with Gasteiger partial charge in [0.25, 0.3) is 0 Å². The maximum atomic E-state index is 13.2. The fraction of sp³-hybridized carbons (Fsp3) is 0.105. The van der Waals surface area contributed by atoms with Gasteiger partial charge >= 0.3 is 6.29 Å². The zero-order valence-electron chi connectivity index (χ0n) is 13.7. The molecule has 2 aromatic carbocycles. The summed E-state index contributed by atoms with van der Waals surface area (Å²) in [6.45, 7) is 0.520. The predicted octanol–water partition coefficient (Wildman–Crippen LogP) is 5.99. The van der Waals surface area contributed by atoms with Crippen LogP contribution in [0.4, 0.5) is 14.6 Å². The van der Waals surface area contributed by atoms with Gasteiger partial charge < -0.3 is 14.8 Å². The molecular formula is C19H12Cl2F2N2O2. The van der Waals surface area contributed by atoms with E-state index in [1.807, 2.05) is 24.3 Å². The van der Waals surface area contributed by atoms with Gasteiger partial charge in [0.2, 0.25) is 0 Å². The van der Waals surface area contributed by atoms with Crippen molar-refractivity contribution in [2.45, 2.75) is 12.8 Å². The number of nitrogens with one attached hydrogen (secondary N) is 1. The number of pyridine rings is 1. The number of rotatable bonds is 4. The Bertz CT molecular complexity index is 997. The summed E-state index contributed by atoms with van der Waals surface area (Å²) in [5.74, 6) is 0.474. The fourth-order valence-corrected chi connectivity index (χ4v) is 3.14. The van der Waals surface area contributed by atoms with Gasteiger partial charge in [-0.15, -0.1) is 8.78 Å². The van der Waals surface area contributed by atoms with E-state index >= 15 is 0 Å². The Balaban J connectivity index is 1.52. The third-order valence-electron chi connectivity index (χ3n) is 3.98. The Kier molecular flexibility index (Phi) is 4.53. The minimum absolute atomic E-state index is 0.0691. The first-order valence-corrected chi connectivity index (χ1v) is 8.70. The molecule has 2 heterocycles. The first-order valence-electron chi connectivity index (χ1n) is 7.94. The van der Waals surface area contributed by atoms with Crippen molar-refractivity contribution in [2.24, 2.45) is 0 Å². The highest BCUT2D eigenvalue weighted by Gasteiger charge is 2.43. The van der Waals surface area contributed by atoms with Crippen LogP contribution in [0.1, 0.15) is 5.56 Å². The summed E-state index contributed by atoms with van der Waals surface area (Å²) in [7, 11) is 0. The lowest BCUT2D eigenvalue weighted by atomic mass is 10.1. The van der Waals surface area contributed by atoms with Crippen LogP contribution in [0.3, 0.4) is 0 Å². The molecule has 0 unspecified atom stereocenters. The summed E-state index contributed by atoms with van der Waals surface area (Å²) in [5, 5.41) is 4.10. The average molecular weight is 409 g/mol.